The van der Waals surface area contributed by atoms with Crippen LogP contribution in [0.3, 0.4) is 0 Å². The normalized spacial score (nSPS) is 31.4. The van der Waals surface area contributed by atoms with Gasteiger partial charge in [-0.15, -0.1) is 0 Å². The number of hydrogen-bond acceptors (Lipinski definition) is 3. The second-order valence-electron chi connectivity index (χ2n) is 7.23. The summed E-state index contributed by atoms with van der Waals surface area (Å²) in [6, 6.07) is 0. The van der Waals surface area contributed by atoms with Crippen molar-refractivity contribution in [1.29, 1.82) is 0 Å². The Kier molecular flexibility index (Phi) is 5.62. The van der Waals surface area contributed by atoms with Crippen molar-refractivity contribution in [1.82, 2.24) is 4.90 Å². The van der Waals surface area contributed by atoms with Gasteiger partial charge in [0, 0.05) is 31.0 Å². The highest BCUT2D eigenvalue weighted by atomic mass is 16.5. The van der Waals surface area contributed by atoms with Gasteiger partial charge in [-0.1, -0.05) is 27.2 Å². The van der Waals surface area contributed by atoms with Crippen LogP contribution >= 0.6 is 0 Å². The number of hydrogen-bond donors (Lipinski definition) is 0. The summed E-state index contributed by atoms with van der Waals surface area (Å²) in [5.74, 6) is 0.740. The third-order valence-corrected chi connectivity index (χ3v) is 4.89. The highest BCUT2D eigenvalue weighted by Gasteiger charge is 2.38. The lowest BCUT2D eigenvalue weighted by molar-refractivity contribution is -0.135. The van der Waals surface area contributed by atoms with Crippen LogP contribution in [-0.4, -0.2) is 43.0 Å². The van der Waals surface area contributed by atoms with Crippen molar-refractivity contribution in [2.75, 3.05) is 26.2 Å². The molecule has 1 saturated heterocycles. The zero-order chi connectivity index (χ0) is 14.6. The van der Waals surface area contributed by atoms with Crippen LogP contribution in [0.15, 0.2) is 0 Å². The monoisotopic (exact) mass is 281 g/mol. The van der Waals surface area contributed by atoms with Gasteiger partial charge >= 0.3 is 0 Å². The van der Waals surface area contributed by atoms with Crippen LogP contribution in [0, 0.1) is 11.3 Å². The lowest BCUT2D eigenvalue weighted by Gasteiger charge is -2.39. The van der Waals surface area contributed by atoms with Gasteiger partial charge in [-0.2, -0.15) is 0 Å². The SMILES string of the molecule is CCCOC1CCCN(CC2CCCC(C)(C)C2=O)C1. The molecule has 0 radical (unpaired) electrons. The maximum atomic E-state index is 12.5. The van der Waals surface area contributed by atoms with Crippen LogP contribution in [0.25, 0.3) is 0 Å². The van der Waals surface area contributed by atoms with Crippen LogP contribution < -0.4 is 0 Å². The maximum Gasteiger partial charge on any atom is 0.142 e. The number of ether oxygens (including phenoxy) is 1. The van der Waals surface area contributed by atoms with E-state index >= 15 is 0 Å². The molecule has 20 heavy (non-hydrogen) atoms. The van der Waals surface area contributed by atoms with Gasteiger partial charge < -0.3 is 9.64 Å². The lowest BCUT2D eigenvalue weighted by Crippen LogP contribution is -2.46. The van der Waals surface area contributed by atoms with Crippen molar-refractivity contribution in [3.05, 3.63) is 0 Å². The van der Waals surface area contributed by atoms with Crippen LogP contribution in [0.5, 0.6) is 0 Å². The van der Waals surface area contributed by atoms with Crippen LogP contribution in [-0.2, 0) is 9.53 Å². The molecule has 2 fully saturated rings. The van der Waals surface area contributed by atoms with Gasteiger partial charge in [0.25, 0.3) is 0 Å². The minimum Gasteiger partial charge on any atom is -0.377 e. The largest absolute Gasteiger partial charge is 0.377 e. The van der Waals surface area contributed by atoms with E-state index in [0.717, 1.165) is 45.5 Å². The maximum absolute atomic E-state index is 12.5. The molecule has 2 aliphatic rings. The molecular weight excluding hydrogens is 250 g/mol. The number of carbonyl (C=O) groups excluding carboxylic acids is 1. The minimum atomic E-state index is -0.100. The number of piperidine rings is 1. The van der Waals surface area contributed by atoms with Crippen molar-refractivity contribution in [2.45, 2.75) is 65.4 Å². The molecule has 1 aliphatic heterocycles. The third kappa shape index (κ3) is 4.05. The quantitative estimate of drug-likeness (QED) is 0.774. The lowest BCUT2D eigenvalue weighted by atomic mass is 9.71. The first-order chi connectivity index (χ1) is 9.53. The topological polar surface area (TPSA) is 29.5 Å². The Labute approximate surface area is 124 Å². The first kappa shape index (κ1) is 16.0. The molecule has 0 spiro atoms. The van der Waals surface area contributed by atoms with Gasteiger partial charge in [-0.05, 0) is 38.6 Å². The van der Waals surface area contributed by atoms with Crippen LogP contribution in [0.1, 0.15) is 59.3 Å². The van der Waals surface area contributed by atoms with Crippen molar-refractivity contribution in [3.63, 3.8) is 0 Å². The van der Waals surface area contributed by atoms with Gasteiger partial charge in [-0.3, -0.25) is 4.79 Å². The molecule has 1 heterocycles. The zero-order valence-electron chi connectivity index (χ0n) is 13.5. The van der Waals surface area contributed by atoms with Gasteiger partial charge in [0.1, 0.15) is 5.78 Å². The predicted octanol–water partition coefficient (Wildman–Crippen LogP) is 3.27. The fraction of sp³-hybridized carbons (Fsp3) is 0.941. The molecule has 116 valence electrons. The molecule has 0 aromatic heterocycles. The summed E-state index contributed by atoms with van der Waals surface area (Å²) in [7, 11) is 0. The minimum absolute atomic E-state index is 0.100. The fourth-order valence-corrected chi connectivity index (χ4v) is 3.68. The Balaban J connectivity index is 1.84. The number of carbonyl (C=O) groups is 1. The molecule has 1 saturated carbocycles. The van der Waals surface area contributed by atoms with Crippen LogP contribution in [0.2, 0.25) is 0 Å². The van der Waals surface area contributed by atoms with Crippen molar-refractivity contribution in [3.8, 4) is 0 Å². The standard InChI is InChI=1S/C17H31NO2/c1-4-11-20-15-8-6-10-18(13-15)12-14-7-5-9-17(2,3)16(14)19/h14-15H,4-13H2,1-3H3. The van der Waals surface area contributed by atoms with Crippen molar-refractivity contribution >= 4 is 5.78 Å². The predicted molar refractivity (Wildman–Crippen MR) is 81.8 cm³/mol. The molecule has 2 rings (SSSR count). The van der Waals surface area contributed by atoms with E-state index in [9.17, 15) is 4.79 Å². The summed E-state index contributed by atoms with van der Waals surface area (Å²) in [5, 5.41) is 0. The molecule has 0 N–H and O–H groups in total. The van der Waals surface area contributed by atoms with E-state index in [0.29, 0.717) is 11.9 Å². The second kappa shape index (κ2) is 7.04. The number of Topliss-reactive ketones (excluding diaryl/α,β-unsaturated/α-hetero) is 1. The summed E-state index contributed by atoms with van der Waals surface area (Å²) in [6.07, 6.45) is 7.21. The molecule has 0 amide bonds. The molecule has 0 aromatic carbocycles. The molecular formula is C17H31NO2. The second-order valence-corrected chi connectivity index (χ2v) is 7.23. The first-order valence-electron chi connectivity index (χ1n) is 8.41. The Morgan fingerprint density at radius 2 is 2.10 bits per heavy atom. The highest BCUT2D eigenvalue weighted by Crippen LogP contribution is 2.36. The van der Waals surface area contributed by atoms with E-state index < -0.39 is 0 Å². The van der Waals surface area contributed by atoms with E-state index in [2.05, 4.69) is 25.7 Å². The Hall–Kier alpha value is -0.410. The number of rotatable bonds is 5. The molecule has 3 heteroatoms. The van der Waals surface area contributed by atoms with E-state index in [1.165, 1.54) is 19.3 Å². The van der Waals surface area contributed by atoms with Gasteiger partial charge in [0.2, 0.25) is 0 Å². The van der Waals surface area contributed by atoms with E-state index in [-0.39, 0.29) is 11.3 Å². The first-order valence-corrected chi connectivity index (χ1v) is 8.41. The third-order valence-electron chi connectivity index (χ3n) is 4.89. The molecule has 1 aliphatic carbocycles. The van der Waals surface area contributed by atoms with E-state index in [1.54, 1.807) is 0 Å². The van der Waals surface area contributed by atoms with Gasteiger partial charge in [0.05, 0.1) is 6.10 Å². The molecule has 0 bridgehead atoms. The summed E-state index contributed by atoms with van der Waals surface area (Å²) in [4.78, 5) is 15.0. The Morgan fingerprint density at radius 3 is 2.85 bits per heavy atom. The fourth-order valence-electron chi connectivity index (χ4n) is 3.68. The number of ketones is 1. The highest BCUT2D eigenvalue weighted by molar-refractivity contribution is 5.87. The van der Waals surface area contributed by atoms with E-state index in [1.807, 2.05) is 0 Å². The summed E-state index contributed by atoms with van der Waals surface area (Å²) in [5.41, 5.74) is -0.100. The zero-order valence-corrected chi connectivity index (χ0v) is 13.5. The number of likely N-dealkylation sites (tertiary alicyclic amines) is 1. The summed E-state index contributed by atoms with van der Waals surface area (Å²) >= 11 is 0. The van der Waals surface area contributed by atoms with Gasteiger partial charge in [0.15, 0.2) is 0 Å². The smallest absolute Gasteiger partial charge is 0.142 e. The van der Waals surface area contributed by atoms with Crippen LogP contribution in [0.4, 0.5) is 0 Å². The summed E-state index contributed by atoms with van der Waals surface area (Å²) in [6.45, 7) is 10.4. The molecule has 0 aromatic rings. The Morgan fingerprint density at radius 1 is 1.30 bits per heavy atom. The average Bonchev–Trinajstić information content (AvgIpc) is 2.42. The molecule has 2 unspecified atom stereocenters. The molecule has 3 nitrogen and oxygen atoms in total. The van der Waals surface area contributed by atoms with E-state index in [4.69, 9.17) is 4.74 Å². The van der Waals surface area contributed by atoms with Crippen molar-refractivity contribution < 1.29 is 9.53 Å². The molecule has 2 atom stereocenters. The average molecular weight is 281 g/mol. The Bertz CT molecular complexity index is 327. The number of nitrogens with zero attached hydrogens (tertiary/aromatic N) is 1. The van der Waals surface area contributed by atoms with Gasteiger partial charge in [-0.25, -0.2) is 0 Å². The van der Waals surface area contributed by atoms with Crippen molar-refractivity contribution in [2.24, 2.45) is 11.3 Å². The summed E-state index contributed by atoms with van der Waals surface area (Å²) < 4.78 is 5.89.